The molecule has 1 aromatic rings. The van der Waals surface area contributed by atoms with E-state index in [9.17, 15) is 10.1 Å². The first-order valence-corrected chi connectivity index (χ1v) is 7.22. The minimum atomic E-state index is -0.431. The van der Waals surface area contributed by atoms with Crippen molar-refractivity contribution in [1.82, 2.24) is 9.55 Å². The number of aromatic nitrogens is 2. The highest BCUT2D eigenvalue weighted by molar-refractivity contribution is 7.99. The molecule has 2 unspecified atom stereocenters. The smallest absolute Gasteiger partial charge is 0.360 e. The number of nitrogens with zero attached hydrogens (tertiary/aromatic N) is 3. The molecule has 1 saturated carbocycles. The molecule has 0 radical (unpaired) electrons. The molecule has 1 fully saturated rings. The molecule has 0 aliphatic heterocycles. The van der Waals surface area contributed by atoms with Crippen LogP contribution in [-0.2, 0) is 7.05 Å². The lowest BCUT2D eigenvalue weighted by molar-refractivity contribution is -0.388. The Kier molecular flexibility index (Phi) is 4.11. The molecule has 0 aromatic carbocycles. The lowest BCUT2D eigenvalue weighted by Gasteiger charge is -2.20. The maximum atomic E-state index is 10.9. The van der Waals surface area contributed by atoms with E-state index in [0.717, 1.165) is 12.2 Å². The van der Waals surface area contributed by atoms with Crippen molar-refractivity contribution in [1.29, 1.82) is 0 Å². The summed E-state index contributed by atoms with van der Waals surface area (Å²) in [7, 11) is 1.78. The highest BCUT2D eigenvalue weighted by Crippen LogP contribution is 2.33. The molecule has 1 aliphatic carbocycles. The SMILES string of the molecule is CCSC1CCCC1Nc1c([N+](=O)[O-])ncn1C. The molecule has 1 heterocycles. The van der Waals surface area contributed by atoms with Gasteiger partial charge in [0.1, 0.15) is 0 Å². The molecule has 7 heteroatoms. The Bertz CT molecular complexity index is 435. The van der Waals surface area contributed by atoms with E-state index in [1.165, 1.54) is 19.2 Å². The van der Waals surface area contributed by atoms with Gasteiger partial charge in [-0.15, -0.1) is 0 Å². The summed E-state index contributed by atoms with van der Waals surface area (Å²) < 4.78 is 1.68. The van der Waals surface area contributed by atoms with Gasteiger partial charge in [-0.3, -0.25) is 4.57 Å². The Morgan fingerprint density at radius 2 is 2.44 bits per heavy atom. The highest BCUT2D eigenvalue weighted by Gasteiger charge is 2.30. The molecule has 2 atom stereocenters. The van der Waals surface area contributed by atoms with Gasteiger partial charge < -0.3 is 15.4 Å². The normalized spacial score (nSPS) is 23.2. The van der Waals surface area contributed by atoms with Crippen LogP contribution in [0.1, 0.15) is 26.2 Å². The fourth-order valence-electron chi connectivity index (χ4n) is 2.40. The monoisotopic (exact) mass is 270 g/mol. The number of hydrogen-bond donors (Lipinski definition) is 1. The Morgan fingerprint density at radius 3 is 3.11 bits per heavy atom. The summed E-state index contributed by atoms with van der Waals surface area (Å²) in [5.74, 6) is 1.52. The average Bonchev–Trinajstić information content (AvgIpc) is 2.89. The third-order valence-electron chi connectivity index (χ3n) is 3.25. The van der Waals surface area contributed by atoms with Gasteiger partial charge in [0.25, 0.3) is 0 Å². The molecule has 1 aliphatic rings. The predicted octanol–water partition coefficient (Wildman–Crippen LogP) is 2.41. The number of aryl methyl sites for hydroxylation is 1. The van der Waals surface area contributed by atoms with Crippen molar-refractivity contribution < 1.29 is 4.92 Å². The van der Waals surface area contributed by atoms with Crippen LogP contribution < -0.4 is 5.32 Å². The largest absolute Gasteiger partial charge is 0.406 e. The summed E-state index contributed by atoms with van der Waals surface area (Å²) >= 11 is 1.93. The van der Waals surface area contributed by atoms with Crippen LogP contribution in [0.4, 0.5) is 11.6 Å². The van der Waals surface area contributed by atoms with Crippen molar-refractivity contribution in [3.8, 4) is 0 Å². The van der Waals surface area contributed by atoms with E-state index in [1.807, 2.05) is 11.8 Å². The van der Waals surface area contributed by atoms with Crippen molar-refractivity contribution in [2.24, 2.45) is 7.05 Å². The zero-order valence-electron chi connectivity index (χ0n) is 10.6. The standard InChI is InChI=1S/C11H18N4O2S/c1-3-18-9-6-4-5-8(9)13-11-10(15(16)17)12-7-14(11)2/h7-9,13H,3-6H2,1-2H3. The van der Waals surface area contributed by atoms with Gasteiger partial charge in [-0.1, -0.05) is 13.3 Å². The van der Waals surface area contributed by atoms with Gasteiger partial charge in [-0.05, 0) is 28.5 Å². The van der Waals surface area contributed by atoms with Gasteiger partial charge in [0.15, 0.2) is 0 Å². The highest BCUT2D eigenvalue weighted by atomic mass is 32.2. The Labute approximate surface area is 110 Å². The maximum Gasteiger partial charge on any atom is 0.406 e. The molecule has 1 aromatic heterocycles. The summed E-state index contributed by atoms with van der Waals surface area (Å²) in [5, 5.41) is 14.8. The van der Waals surface area contributed by atoms with Gasteiger partial charge >= 0.3 is 5.82 Å². The fourth-order valence-corrected chi connectivity index (χ4v) is 3.60. The number of hydrogen-bond acceptors (Lipinski definition) is 5. The maximum absolute atomic E-state index is 10.9. The van der Waals surface area contributed by atoms with E-state index in [1.54, 1.807) is 11.6 Å². The van der Waals surface area contributed by atoms with Crippen molar-refractivity contribution in [2.75, 3.05) is 11.1 Å². The minimum absolute atomic E-state index is 0.0790. The summed E-state index contributed by atoms with van der Waals surface area (Å²) in [6.07, 6.45) is 4.92. The predicted molar refractivity (Wildman–Crippen MR) is 73.0 cm³/mol. The van der Waals surface area contributed by atoms with Crippen molar-refractivity contribution in [3.63, 3.8) is 0 Å². The van der Waals surface area contributed by atoms with Crippen LogP contribution in [0.3, 0.4) is 0 Å². The number of imidazole rings is 1. The first kappa shape index (κ1) is 13.2. The number of nitrogens with one attached hydrogen (secondary N) is 1. The molecule has 0 amide bonds. The van der Waals surface area contributed by atoms with Crippen molar-refractivity contribution in [2.45, 2.75) is 37.5 Å². The Hall–Kier alpha value is -1.24. The molecular formula is C11H18N4O2S. The molecule has 0 saturated heterocycles. The second kappa shape index (κ2) is 5.60. The van der Waals surface area contributed by atoms with E-state index >= 15 is 0 Å². The van der Waals surface area contributed by atoms with Crippen molar-refractivity contribution >= 4 is 23.4 Å². The molecule has 6 nitrogen and oxygen atoms in total. The summed E-state index contributed by atoms with van der Waals surface area (Å²) in [4.78, 5) is 14.3. The van der Waals surface area contributed by atoms with E-state index in [0.29, 0.717) is 17.1 Å². The summed E-state index contributed by atoms with van der Waals surface area (Å²) in [5.41, 5.74) is 0. The first-order chi connectivity index (χ1) is 8.63. The van der Waals surface area contributed by atoms with E-state index < -0.39 is 4.92 Å². The number of nitro groups is 1. The topological polar surface area (TPSA) is 73.0 Å². The summed E-state index contributed by atoms with van der Waals surface area (Å²) in [6, 6.07) is 0.309. The van der Waals surface area contributed by atoms with Gasteiger partial charge in [0, 0.05) is 18.3 Å². The molecule has 0 spiro atoms. The second-order valence-corrected chi connectivity index (χ2v) is 5.98. The molecule has 2 rings (SSSR count). The van der Waals surface area contributed by atoms with Crippen LogP contribution in [0.15, 0.2) is 6.33 Å². The lowest BCUT2D eigenvalue weighted by Crippen LogP contribution is -2.27. The zero-order chi connectivity index (χ0) is 13.1. The van der Waals surface area contributed by atoms with Gasteiger partial charge in [0.2, 0.25) is 12.1 Å². The molecule has 1 N–H and O–H groups in total. The Balaban J connectivity index is 2.13. The van der Waals surface area contributed by atoms with Crippen LogP contribution >= 0.6 is 11.8 Å². The lowest BCUT2D eigenvalue weighted by atomic mass is 10.2. The number of thioether (sulfide) groups is 1. The quantitative estimate of drug-likeness (QED) is 0.657. The summed E-state index contributed by atoms with van der Waals surface area (Å²) in [6.45, 7) is 2.15. The fraction of sp³-hybridized carbons (Fsp3) is 0.727. The number of rotatable bonds is 5. The van der Waals surface area contributed by atoms with Crippen LogP contribution in [0, 0.1) is 10.1 Å². The van der Waals surface area contributed by atoms with Gasteiger partial charge in [0.05, 0.1) is 0 Å². The van der Waals surface area contributed by atoms with Gasteiger partial charge in [-0.2, -0.15) is 11.8 Å². The minimum Gasteiger partial charge on any atom is -0.360 e. The van der Waals surface area contributed by atoms with Crippen LogP contribution in [0.5, 0.6) is 0 Å². The first-order valence-electron chi connectivity index (χ1n) is 6.17. The molecule has 0 bridgehead atoms. The number of anilines is 1. The van der Waals surface area contributed by atoms with Crippen molar-refractivity contribution in [3.05, 3.63) is 16.4 Å². The molecular weight excluding hydrogens is 252 g/mol. The van der Waals surface area contributed by atoms with Gasteiger partial charge in [-0.25, -0.2) is 0 Å². The average molecular weight is 270 g/mol. The van der Waals surface area contributed by atoms with E-state index in [-0.39, 0.29) is 5.82 Å². The third-order valence-corrected chi connectivity index (χ3v) is 4.57. The van der Waals surface area contributed by atoms with Crippen LogP contribution in [-0.4, -0.2) is 31.5 Å². The van der Waals surface area contributed by atoms with E-state index in [4.69, 9.17) is 0 Å². The van der Waals surface area contributed by atoms with Crippen LogP contribution in [0.2, 0.25) is 0 Å². The van der Waals surface area contributed by atoms with E-state index in [2.05, 4.69) is 17.2 Å². The molecule has 18 heavy (non-hydrogen) atoms. The Morgan fingerprint density at radius 1 is 1.67 bits per heavy atom. The molecule has 100 valence electrons. The van der Waals surface area contributed by atoms with Crippen LogP contribution in [0.25, 0.3) is 0 Å². The second-order valence-electron chi connectivity index (χ2n) is 4.46. The third kappa shape index (κ3) is 2.60. The zero-order valence-corrected chi connectivity index (χ0v) is 11.4.